The molecule has 0 spiro atoms. The summed E-state index contributed by atoms with van der Waals surface area (Å²) >= 11 is 1.40. The molecule has 1 atom stereocenters. The van der Waals surface area contributed by atoms with Crippen LogP contribution < -0.4 is 4.72 Å². The summed E-state index contributed by atoms with van der Waals surface area (Å²) in [5.41, 5.74) is 2.13. The SMILES string of the molecule is O=C1NSc2ccccc2C1c1ccccc1. The molecule has 0 saturated carbocycles. The Bertz CT molecular complexity index is 553. The predicted molar refractivity (Wildman–Crippen MR) is 68.7 cm³/mol. The van der Waals surface area contributed by atoms with Crippen LogP contribution in [0.3, 0.4) is 0 Å². The van der Waals surface area contributed by atoms with Gasteiger partial charge in [0.25, 0.3) is 0 Å². The molecule has 0 radical (unpaired) electrons. The molecule has 1 aliphatic heterocycles. The molecule has 1 amide bonds. The molecule has 17 heavy (non-hydrogen) atoms. The lowest BCUT2D eigenvalue weighted by molar-refractivity contribution is -0.120. The van der Waals surface area contributed by atoms with Crippen molar-refractivity contribution >= 4 is 17.9 Å². The maximum Gasteiger partial charge on any atom is 0.242 e. The number of nitrogens with one attached hydrogen (secondary N) is 1. The normalized spacial score (nSPS) is 18.4. The van der Waals surface area contributed by atoms with Gasteiger partial charge in [0, 0.05) is 4.90 Å². The average Bonchev–Trinajstić information content (AvgIpc) is 2.39. The quantitative estimate of drug-likeness (QED) is 0.778. The van der Waals surface area contributed by atoms with Crippen LogP contribution in [0.15, 0.2) is 59.5 Å². The van der Waals surface area contributed by atoms with Crippen LogP contribution in [-0.4, -0.2) is 5.91 Å². The highest BCUT2D eigenvalue weighted by Gasteiger charge is 2.29. The predicted octanol–water partition coefficient (Wildman–Crippen LogP) is 2.96. The third-order valence-corrected chi connectivity index (χ3v) is 3.78. The molecule has 84 valence electrons. The second kappa shape index (κ2) is 4.26. The number of hydrogen-bond donors (Lipinski definition) is 1. The highest BCUT2D eigenvalue weighted by Crippen LogP contribution is 2.36. The zero-order valence-electron chi connectivity index (χ0n) is 9.09. The van der Waals surface area contributed by atoms with Crippen LogP contribution in [0.1, 0.15) is 17.0 Å². The molecule has 1 aliphatic rings. The average molecular weight is 241 g/mol. The lowest BCUT2D eigenvalue weighted by Gasteiger charge is -2.24. The van der Waals surface area contributed by atoms with E-state index in [-0.39, 0.29) is 11.8 Å². The molecule has 0 aliphatic carbocycles. The third-order valence-electron chi connectivity index (χ3n) is 2.89. The largest absolute Gasteiger partial charge is 0.295 e. The Balaban J connectivity index is 2.13. The Morgan fingerprint density at radius 1 is 0.941 bits per heavy atom. The summed E-state index contributed by atoms with van der Waals surface area (Å²) in [5, 5.41) is 0. The summed E-state index contributed by atoms with van der Waals surface area (Å²) in [5.74, 6) is -0.131. The first-order valence-electron chi connectivity index (χ1n) is 5.47. The Morgan fingerprint density at radius 2 is 1.65 bits per heavy atom. The smallest absolute Gasteiger partial charge is 0.242 e. The Kier molecular flexibility index (Phi) is 2.61. The molecule has 3 heteroatoms. The van der Waals surface area contributed by atoms with Gasteiger partial charge >= 0.3 is 0 Å². The number of amides is 1. The fraction of sp³-hybridized carbons (Fsp3) is 0.0714. The van der Waals surface area contributed by atoms with E-state index in [1.165, 1.54) is 11.9 Å². The van der Waals surface area contributed by atoms with Crippen LogP contribution in [-0.2, 0) is 4.79 Å². The molecule has 0 bridgehead atoms. The number of rotatable bonds is 1. The lowest BCUT2D eigenvalue weighted by atomic mass is 9.90. The van der Waals surface area contributed by atoms with Crippen LogP contribution in [0, 0.1) is 0 Å². The minimum atomic E-state index is -0.186. The topological polar surface area (TPSA) is 29.1 Å². The first kappa shape index (κ1) is 10.4. The molecule has 0 aromatic heterocycles. The van der Waals surface area contributed by atoms with E-state index in [1.807, 2.05) is 54.6 Å². The van der Waals surface area contributed by atoms with Crippen LogP contribution in [0.4, 0.5) is 0 Å². The van der Waals surface area contributed by atoms with Crippen LogP contribution in [0.25, 0.3) is 0 Å². The van der Waals surface area contributed by atoms with Gasteiger partial charge < -0.3 is 0 Å². The molecule has 1 N–H and O–H groups in total. The second-order valence-electron chi connectivity index (χ2n) is 3.95. The van der Waals surface area contributed by atoms with Crippen molar-refractivity contribution in [3.05, 3.63) is 65.7 Å². The van der Waals surface area contributed by atoms with Gasteiger partial charge in [-0.25, -0.2) is 0 Å². The van der Waals surface area contributed by atoms with Crippen LogP contribution >= 0.6 is 11.9 Å². The van der Waals surface area contributed by atoms with Crippen molar-refractivity contribution in [1.29, 1.82) is 0 Å². The number of carbonyl (C=O) groups is 1. The first-order valence-corrected chi connectivity index (χ1v) is 6.28. The van der Waals surface area contributed by atoms with E-state index in [4.69, 9.17) is 0 Å². The summed E-state index contributed by atoms with van der Waals surface area (Å²) in [7, 11) is 0. The summed E-state index contributed by atoms with van der Waals surface area (Å²) in [4.78, 5) is 13.2. The highest BCUT2D eigenvalue weighted by molar-refractivity contribution is 7.98. The molecule has 2 aromatic rings. The summed E-state index contributed by atoms with van der Waals surface area (Å²) < 4.78 is 2.86. The third kappa shape index (κ3) is 1.83. The van der Waals surface area contributed by atoms with E-state index >= 15 is 0 Å². The monoisotopic (exact) mass is 241 g/mol. The van der Waals surface area contributed by atoms with E-state index in [0.29, 0.717) is 0 Å². The summed E-state index contributed by atoms with van der Waals surface area (Å²) in [6.45, 7) is 0. The van der Waals surface area contributed by atoms with Crippen molar-refractivity contribution in [2.75, 3.05) is 0 Å². The van der Waals surface area contributed by atoms with Gasteiger partial charge in [-0.15, -0.1) is 0 Å². The van der Waals surface area contributed by atoms with E-state index in [1.54, 1.807) is 0 Å². The molecular weight excluding hydrogens is 230 g/mol. The van der Waals surface area contributed by atoms with Gasteiger partial charge in [-0.05, 0) is 29.1 Å². The van der Waals surface area contributed by atoms with E-state index < -0.39 is 0 Å². The van der Waals surface area contributed by atoms with Crippen LogP contribution in [0.2, 0.25) is 0 Å². The fourth-order valence-corrected chi connectivity index (χ4v) is 2.87. The zero-order valence-corrected chi connectivity index (χ0v) is 9.91. The van der Waals surface area contributed by atoms with Crippen molar-refractivity contribution in [2.24, 2.45) is 0 Å². The van der Waals surface area contributed by atoms with Gasteiger partial charge in [-0.1, -0.05) is 48.5 Å². The number of benzene rings is 2. The lowest BCUT2D eigenvalue weighted by Crippen LogP contribution is -2.29. The minimum Gasteiger partial charge on any atom is -0.295 e. The van der Waals surface area contributed by atoms with Gasteiger partial charge in [0.05, 0.1) is 5.92 Å². The van der Waals surface area contributed by atoms with Crippen molar-refractivity contribution in [3.63, 3.8) is 0 Å². The van der Waals surface area contributed by atoms with Gasteiger partial charge in [0.15, 0.2) is 0 Å². The van der Waals surface area contributed by atoms with Crippen molar-refractivity contribution in [3.8, 4) is 0 Å². The highest BCUT2D eigenvalue weighted by atomic mass is 32.2. The van der Waals surface area contributed by atoms with Gasteiger partial charge in [0.2, 0.25) is 5.91 Å². The summed E-state index contributed by atoms with van der Waals surface area (Å²) in [6.07, 6.45) is 0. The van der Waals surface area contributed by atoms with Gasteiger partial charge in [-0.2, -0.15) is 0 Å². The van der Waals surface area contributed by atoms with E-state index in [2.05, 4.69) is 4.72 Å². The molecule has 1 heterocycles. The first-order chi connectivity index (χ1) is 8.36. The Morgan fingerprint density at radius 3 is 2.47 bits per heavy atom. The zero-order chi connectivity index (χ0) is 11.7. The summed E-state index contributed by atoms with van der Waals surface area (Å²) in [6, 6.07) is 17.9. The van der Waals surface area contributed by atoms with Crippen molar-refractivity contribution in [1.82, 2.24) is 4.72 Å². The molecule has 2 nitrogen and oxygen atoms in total. The number of fused-ring (bicyclic) bond motifs is 1. The number of hydrogen-bond acceptors (Lipinski definition) is 2. The molecule has 2 aromatic carbocycles. The molecular formula is C14H11NOS. The van der Waals surface area contributed by atoms with Crippen molar-refractivity contribution < 1.29 is 4.79 Å². The van der Waals surface area contributed by atoms with E-state index in [0.717, 1.165) is 16.0 Å². The molecule has 1 unspecified atom stereocenters. The molecule has 3 rings (SSSR count). The second-order valence-corrected chi connectivity index (χ2v) is 4.80. The molecule has 0 fully saturated rings. The standard InChI is InChI=1S/C14H11NOS/c16-14-13(10-6-2-1-3-7-10)11-8-4-5-9-12(11)17-15-14/h1-9,13H,(H,15,16). The Hall–Kier alpha value is -1.74. The molecule has 0 saturated heterocycles. The fourth-order valence-electron chi connectivity index (χ4n) is 2.09. The Labute approximate surface area is 104 Å². The number of carbonyl (C=O) groups excluding carboxylic acids is 1. The van der Waals surface area contributed by atoms with Crippen molar-refractivity contribution in [2.45, 2.75) is 10.8 Å². The maximum absolute atomic E-state index is 12.0. The maximum atomic E-state index is 12.0. The van der Waals surface area contributed by atoms with Gasteiger partial charge in [0.1, 0.15) is 0 Å². The van der Waals surface area contributed by atoms with E-state index in [9.17, 15) is 4.79 Å². The van der Waals surface area contributed by atoms with Gasteiger partial charge in [-0.3, -0.25) is 9.52 Å². The minimum absolute atomic E-state index is 0.0555. The van der Waals surface area contributed by atoms with Crippen LogP contribution in [0.5, 0.6) is 0 Å².